The Morgan fingerprint density at radius 3 is 2.33 bits per heavy atom. The average Bonchev–Trinajstić information content (AvgIpc) is 2.81. The Kier molecular flexibility index (Phi) is 12.3. The van der Waals surface area contributed by atoms with Gasteiger partial charge in [-0.15, -0.1) is 6.42 Å². The van der Waals surface area contributed by atoms with Crippen LogP contribution in [0.2, 0.25) is 0 Å². The minimum Gasteiger partial charge on any atom is -0.468 e. The molecule has 2 N–H and O–H groups in total. The van der Waals surface area contributed by atoms with E-state index in [1.807, 2.05) is 6.26 Å². The van der Waals surface area contributed by atoms with Gasteiger partial charge in [-0.05, 0) is 64.7 Å². The molecule has 2 atom stereocenters. The first-order valence-corrected chi connectivity index (χ1v) is 13.0. The van der Waals surface area contributed by atoms with E-state index in [0.717, 1.165) is 0 Å². The summed E-state index contributed by atoms with van der Waals surface area (Å²) in [6.07, 6.45) is 7.17. The molecule has 0 heterocycles. The van der Waals surface area contributed by atoms with Crippen LogP contribution in [-0.4, -0.2) is 72.1 Å². The zero-order valence-corrected chi connectivity index (χ0v) is 22.9. The van der Waals surface area contributed by atoms with Gasteiger partial charge < -0.3 is 25.0 Å². The fraction of sp³-hybridized carbons (Fsp3) is 0.538. The topological polar surface area (TPSA) is 114 Å². The maximum absolute atomic E-state index is 13.9. The van der Waals surface area contributed by atoms with Crippen LogP contribution in [0, 0.1) is 12.3 Å². The summed E-state index contributed by atoms with van der Waals surface area (Å²) in [7, 11) is 1.21. The molecule has 9 nitrogen and oxygen atoms in total. The van der Waals surface area contributed by atoms with E-state index < -0.39 is 47.6 Å². The molecule has 2 unspecified atom stereocenters. The lowest BCUT2D eigenvalue weighted by molar-refractivity contribution is -0.146. The van der Waals surface area contributed by atoms with Crippen LogP contribution >= 0.6 is 11.8 Å². The van der Waals surface area contributed by atoms with Crippen molar-refractivity contribution >= 4 is 35.6 Å². The third-order valence-corrected chi connectivity index (χ3v) is 5.63. The summed E-state index contributed by atoms with van der Waals surface area (Å²) in [4.78, 5) is 53.0. The minimum absolute atomic E-state index is 0.315. The monoisotopic (exact) mass is 519 g/mol. The number of terminal acetylenes is 1. The molecule has 198 valence electrons. The summed E-state index contributed by atoms with van der Waals surface area (Å²) in [6, 6.07) is 4.20. The molecule has 0 aliphatic carbocycles. The van der Waals surface area contributed by atoms with Gasteiger partial charge in [-0.25, -0.2) is 4.79 Å². The first kappa shape index (κ1) is 30.8. The molecule has 3 amide bonds. The first-order chi connectivity index (χ1) is 16.9. The number of thioether (sulfide) groups is 1. The summed E-state index contributed by atoms with van der Waals surface area (Å²) in [6.45, 7) is 8.32. The summed E-state index contributed by atoms with van der Waals surface area (Å²) in [5.74, 6) is 1.42. The Morgan fingerprint density at radius 2 is 1.81 bits per heavy atom. The number of amides is 3. The van der Waals surface area contributed by atoms with Crippen molar-refractivity contribution in [2.75, 3.05) is 25.7 Å². The van der Waals surface area contributed by atoms with Gasteiger partial charge in [0.05, 0.1) is 7.11 Å². The largest absolute Gasteiger partial charge is 0.468 e. The van der Waals surface area contributed by atoms with Gasteiger partial charge in [0.1, 0.15) is 24.2 Å². The van der Waals surface area contributed by atoms with Crippen molar-refractivity contribution in [3.63, 3.8) is 0 Å². The normalized spacial score (nSPS) is 12.6. The molecule has 0 radical (unpaired) electrons. The highest BCUT2D eigenvalue weighted by molar-refractivity contribution is 7.98. The second-order valence-electron chi connectivity index (χ2n) is 9.25. The molecule has 1 aromatic carbocycles. The minimum atomic E-state index is -1.16. The fourth-order valence-corrected chi connectivity index (χ4v) is 3.89. The number of alkyl carbamates (subject to hydrolysis) is 1. The van der Waals surface area contributed by atoms with Crippen LogP contribution in [-0.2, 0) is 23.9 Å². The predicted octanol–water partition coefficient (Wildman–Crippen LogP) is 2.88. The molecule has 0 aliphatic rings. The van der Waals surface area contributed by atoms with Crippen molar-refractivity contribution in [1.82, 2.24) is 15.5 Å². The van der Waals surface area contributed by atoms with Gasteiger partial charge in [0.2, 0.25) is 11.8 Å². The number of ether oxygens (including phenoxy) is 2. The van der Waals surface area contributed by atoms with Crippen molar-refractivity contribution < 1.29 is 28.7 Å². The third-order valence-electron chi connectivity index (χ3n) is 4.98. The van der Waals surface area contributed by atoms with Gasteiger partial charge >= 0.3 is 12.1 Å². The molecule has 1 aromatic rings. The van der Waals surface area contributed by atoms with E-state index in [1.54, 1.807) is 58.9 Å². The van der Waals surface area contributed by atoms with Gasteiger partial charge in [0.25, 0.3) is 0 Å². The number of rotatable bonds is 11. The number of methoxy groups -OCH3 is 1. The van der Waals surface area contributed by atoms with E-state index in [1.165, 1.54) is 23.8 Å². The van der Waals surface area contributed by atoms with Crippen molar-refractivity contribution in [2.24, 2.45) is 0 Å². The maximum Gasteiger partial charge on any atom is 0.408 e. The predicted molar refractivity (Wildman–Crippen MR) is 140 cm³/mol. The van der Waals surface area contributed by atoms with Crippen LogP contribution in [0.5, 0.6) is 0 Å². The first-order valence-electron chi connectivity index (χ1n) is 11.6. The van der Waals surface area contributed by atoms with Gasteiger partial charge in [0.15, 0.2) is 0 Å². The highest BCUT2D eigenvalue weighted by atomic mass is 32.2. The number of hydrogen-bond donors (Lipinski definition) is 2. The molecule has 0 aliphatic heterocycles. The lowest BCUT2D eigenvalue weighted by Gasteiger charge is -2.37. The molecule has 0 saturated carbocycles. The molecular formula is C26H37N3O6S. The lowest BCUT2D eigenvalue weighted by Crippen LogP contribution is -2.55. The fourth-order valence-electron chi connectivity index (χ4n) is 3.42. The Balaban J connectivity index is 3.51. The molecule has 10 heteroatoms. The Labute approximate surface area is 218 Å². The number of esters is 1. The summed E-state index contributed by atoms with van der Waals surface area (Å²) in [5, 5.41) is 5.20. The van der Waals surface area contributed by atoms with Crippen LogP contribution < -0.4 is 10.6 Å². The lowest BCUT2D eigenvalue weighted by atomic mass is 9.96. The van der Waals surface area contributed by atoms with Gasteiger partial charge in [0, 0.05) is 11.6 Å². The average molecular weight is 520 g/mol. The Bertz CT molecular complexity index is 967. The van der Waals surface area contributed by atoms with Crippen molar-refractivity contribution in [1.29, 1.82) is 0 Å². The van der Waals surface area contributed by atoms with Crippen molar-refractivity contribution in [3.05, 3.63) is 35.4 Å². The molecule has 0 fully saturated rings. The number of carbonyl (C=O) groups excluding carboxylic acids is 4. The van der Waals surface area contributed by atoms with E-state index in [2.05, 4.69) is 21.3 Å². The molecular weight excluding hydrogens is 482 g/mol. The highest BCUT2D eigenvalue weighted by Crippen LogP contribution is 2.28. The zero-order chi connectivity index (χ0) is 27.5. The summed E-state index contributed by atoms with van der Waals surface area (Å²) in [5.41, 5.74) is 0.0944. The van der Waals surface area contributed by atoms with E-state index in [9.17, 15) is 19.2 Å². The van der Waals surface area contributed by atoms with Gasteiger partial charge in [-0.3, -0.25) is 14.4 Å². The molecule has 0 spiro atoms. The van der Waals surface area contributed by atoms with Crippen molar-refractivity contribution in [3.8, 4) is 12.3 Å². The third kappa shape index (κ3) is 9.46. The second-order valence-corrected chi connectivity index (χ2v) is 10.2. The molecule has 36 heavy (non-hydrogen) atoms. The maximum atomic E-state index is 13.9. The SMILES string of the molecule is C#Cc1ccccc1C(C(=O)NCC(=O)OC)N(C(=O)C(CCSC)NC(=O)OC(C)(C)C)C(C)C. The summed E-state index contributed by atoms with van der Waals surface area (Å²) < 4.78 is 9.98. The van der Waals surface area contributed by atoms with E-state index >= 15 is 0 Å². The molecule has 0 aromatic heterocycles. The van der Waals surface area contributed by atoms with E-state index in [0.29, 0.717) is 23.3 Å². The molecule has 1 rings (SSSR count). The van der Waals surface area contributed by atoms with Crippen LogP contribution in [0.25, 0.3) is 0 Å². The smallest absolute Gasteiger partial charge is 0.408 e. The van der Waals surface area contributed by atoms with E-state index in [4.69, 9.17) is 11.2 Å². The standard InChI is InChI=1S/C26H37N3O6S/c1-9-18-12-10-11-13-19(18)22(23(31)27-16-21(30)34-7)29(17(2)3)24(32)20(14-15-36-8)28-25(33)35-26(4,5)6/h1,10-13,17,20,22H,14-16H2,2-8H3,(H,27,31)(H,28,33). The van der Waals surface area contributed by atoms with Crippen LogP contribution in [0.4, 0.5) is 4.79 Å². The zero-order valence-electron chi connectivity index (χ0n) is 22.0. The number of carbonyl (C=O) groups is 4. The highest BCUT2D eigenvalue weighted by Gasteiger charge is 2.38. The van der Waals surface area contributed by atoms with Gasteiger partial charge in [-0.2, -0.15) is 11.8 Å². The summed E-state index contributed by atoms with van der Waals surface area (Å²) >= 11 is 1.52. The number of hydrogen-bond acceptors (Lipinski definition) is 7. The van der Waals surface area contributed by atoms with Gasteiger partial charge in [-0.1, -0.05) is 24.1 Å². The number of nitrogens with one attached hydrogen (secondary N) is 2. The molecule has 0 saturated heterocycles. The number of nitrogens with zero attached hydrogens (tertiary/aromatic N) is 1. The van der Waals surface area contributed by atoms with E-state index in [-0.39, 0.29) is 6.54 Å². The Hall–Kier alpha value is -3.19. The Morgan fingerprint density at radius 1 is 1.17 bits per heavy atom. The number of benzene rings is 1. The second kappa shape index (κ2) is 14.4. The van der Waals surface area contributed by atoms with Crippen LogP contribution in [0.3, 0.4) is 0 Å². The van der Waals surface area contributed by atoms with Crippen molar-refractivity contribution in [2.45, 2.75) is 64.8 Å². The van der Waals surface area contributed by atoms with Crippen LogP contribution in [0.15, 0.2) is 24.3 Å². The molecule has 0 bridgehead atoms. The van der Waals surface area contributed by atoms with Crippen LogP contribution in [0.1, 0.15) is 58.2 Å². The quantitative estimate of drug-likeness (QED) is 0.341.